The van der Waals surface area contributed by atoms with Gasteiger partial charge in [-0.25, -0.2) is 9.97 Å². The number of non-ortho nitro benzene ring substituents is 1. The van der Waals surface area contributed by atoms with Crippen molar-refractivity contribution in [1.29, 1.82) is 0 Å². The number of benzene rings is 3. The molecule has 2 heterocycles. The van der Waals surface area contributed by atoms with Gasteiger partial charge in [0, 0.05) is 29.9 Å². The highest BCUT2D eigenvalue weighted by Crippen LogP contribution is 2.32. The highest BCUT2D eigenvalue weighted by Gasteiger charge is 2.17. The maximum Gasteiger partial charge on any atom is 0.271 e. The fourth-order valence-corrected chi connectivity index (χ4v) is 3.96. The second kappa shape index (κ2) is 8.96. The molecule has 0 amide bonds. The van der Waals surface area contributed by atoms with Crippen LogP contribution in [0.2, 0.25) is 0 Å². The number of fused-ring (bicyclic) bond motifs is 1. The fourth-order valence-electron chi connectivity index (χ4n) is 3.96. The van der Waals surface area contributed by atoms with Crippen LogP contribution in [0.5, 0.6) is 0 Å². The molecule has 34 heavy (non-hydrogen) atoms. The molecule has 6 heteroatoms. The standard InChI is InChI=1S/C28H20N4O2/c1-2-21(17-20-9-11-23(12-10-20)22-7-4-3-5-8-22)26-18-24-13-14-25(32(33)34)19-27(24)31(26)28-29-15-6-16-30-28/h2-19H,1H2/b21-17+. The number of rotatable bonds is 6. The molecule has 0 saturated carbocycles. The molecule has 6 nitrogen and oxygen atoms in total. The Hall–Kier alpha value is -4.84. The van der Waals surface area contributed by atoms with Gasteiger partial charge in [0.1, 0.15) is 0 Å². The van der Waals surface area contributed by atoms with E-state index in [9.17, 15) is 10.1 Å². The summed E-state index contributed by atoms with van der Waals surface area (Å²) >= 11 is 0. The van der Waals surface area contributed by atoms with Gasteiger partial charge in [0.2, 0.25) is 5.95 Å². The summed E-state index contributed by atoms with van der Waals surface area (Å²) in [6, 6.07) is 27.0. The van der Waals surface area contributed by atoms with Gasteiger partial charge in [0.15, 0.2) is 0 Å². The van der Waals surface area contributed by atoms with E-state index in [4.69, 9.17) is 0 Å². The summed E-state index contributed by atoms with van der Waals surface area (Å²) in [5.74, 6) is 0.431. The highest BCUT2D eigenvalue weighted by atomic mass is 16.6. The summed E-state index contributed by atoms with van der Waals surface area (Å²) in [7, 11) is 0. The van der Waals surface area contributed by atoms with E-state index in [1.807, 2.05) is 34.9 Å². The minimum Gasteiger partial charge on any atom is -0.278 e. The number of hydrogen-bond acceptors (Lipinski definition) is 4. The van der Waals surface area contributed by atoms with Crippen molar-refractivity contribution in [2.45, 2.75) is 0 Å². The highest BCUT2D eigenvalue weighted by molar-refractivity contribution is 5.94. The van der Waals surface area contributed by atoms with Crippen LogP contribution in [0.15, 0.2) is 110 Å². The Kier molecular flexibility index (Phi) is 5.54. The van der Waals surface area contributed by atoms with Gasteiger partial charge in [-0.3, -0.25) is 14.7 Å². The van der Waals surface area contributed by atoms with E-state index in [0.717, 1.165) is 33.3 Å². The van der Waals surface area contributed by atoms with Crippen molar-refractivity contribution in [3.05, 3.63) is 131 Å². The Morgan fingerprint density at radius 1 is 0.882 bits per heavy atom. The SMILES string of the molecule is C=C/C(=C\c1ccc(-c2ccccc2)cc1)c1cc2ccc([N+](=O)[O-])cc2n1-c1ncccn1. The zero-order chi connectivity index (χ0) is 23.5. The van der Waals surface area contributed by atoms with Gasteiger partial charge < -0.3 is 0 Å². The maximum atomic E-state index is 11.4. The van der Waals surface area contributed by atoms with Crippen molar-refractivity contribution in [2.75, 3.05) is 0 Å². The van der Waals surface area contributed by atoms with Crippen LogP contribution in [0, 0.1) is 10.1 Å². The second-order valence-electron chi connectivity index (χ2n) is 7.71. The molecule has 3 aromatic carbocycles. The molecule has 0 atom stereocenters. The van der Waals surface area contributed by atoms with Crippen molar-refractivity contribution < 1.29 is 4.92 Å². The molecule has 164 valence electrons. The molecular formula is C28H20N4O2. The summed E-state index contributed by atoms with van der Waals surface area (Å²) in [6.07, 6.45) is 7.10. The van der Waals surface area contributed by atoms with Crippen LogP contribution in [0.3, 0.4) is 0 Å². The molecule has 2 aromatic heterocycles. The van der Waals surface area contributed by atoms with Gasteiger partial charge in [-0.2, -0.15) is 0 Å². The smallest absolute Gasteiger partial charge is 0.271 e. The number of nitro benzene ring substituents is 1. The molecule has 5 aromatic rings. The van der Waals surface area contributed by atoms with Crippen LogP contribution < -0.4 is 0 Å². The van der Waals surface area contributed by atoms with Crippen LogP contribution >= 0.6 is 0 Å². The zero-order valence-corrected chi connectivity index (χ0v) is 18.2. The Labute approximate surface area is 196 Å². The quantitative estimate of drug-likeness (QED) is 0.165. The third-order valence-corrected chi connectivity index (χ3v) is 5.61. The third kappa shape index (κ3) is 4.00. The van der Waals surface area contributed by atoms with Crippen LogP contribution in [-0.2, 0) is 0 Å². The number of allylic oxidation sites excluding steroid dienone is 2. The average Bonchev–Trinajstić information content (AvgIpc) is 3.27. The van der Waals surface area contributed by atoms with Crippen molar-refractivity contribution in [3.63, 3.8) is 0 Å². The first-order chi connectivity index (χ1) is 16.6. The molecule has 5 rings (SSSR count). The first-order valence-electron chi connectivity index (χ1n) is 10.7. The van der Waals surface area contributed by atoms with Crippen LogP contribution in [0.25, 0.3) is 39.6 Å². The summed E-state index contributed by atoms with van der Waals surface area (Å²) in [4.78, 5) is 19.8. The van der Waals surface area contributed by atoms with Crippen molar-refractivity contribution in [2.24, 2.45) is 0 Å². The number of aromatic nitrogens is 3. The van der Waals surface area contributed by atoms with Crippen molar-refractivity contribution >= 4 is 28.2 Å². The van der Waals surface area contributed by atoms with Gasteiger partial charge in [-0.1, -0.05) is 67.3 Å². The normalized spacial score (nSPS) is 11.5. The van der Waals surface area contributed by atoms with E-state index in [0.29, 0.717) is 11.5 Å². The van der Waals surface area contributed by atoms with Gasteiger partial charge in [0.05, 0.1) is 16.1 Å². The van der Waals surface area contributed by atoms with E-state index < -0.39 is 4.92 Å². The van der Waals surface area contributed by atoms with Crippen LogP contribution in [0.4, 0.5) is 5.69 Å². The minimum absolute atomic E-state index is 0.00923. The molecule has 0 bridgehead atoms. The number of hydrogen-bond donors (Lipinski definition) is 0. The Bertz CT molecular complexity index is 1520. The summed E-state index contributed by atoms with van der Waals surface area (Å²) < 4.78 is 1.83. The van der Waals surface area contributed by atoms with E-state index in [1.165, 1.54) is 6.07 Å². The minimum atomic E-state index is -0.402. The molecular weight excluding hydrogens is 424 g/mol. The zero-order valence-electron chi connectivity index (χ0n) is 18.2. The van der Waals surface area contributed by atoms with Gasteiger partial charge in [-0.05, 0) is 46.5 Å². The second-order valence-corrected chi connectivity index (χ2v) is 7.71. The molecule has 0 aliphatic carbocycles. The lowest BCUT2D eigenvalue weighted by molar-refractivity contribution is -0.384. The van der Waals surface area contributed by atoms with Crippen molar-refractivity contribution in [3.8, 4) is 17.1 Å². The van der Waals surface area contributed by atoms with E-state index in [2.05, 4.69) is 52.9 Å². The molecule has 0 aliphatic rings. The predicted octanol–water partition coefficient (Wildman–Crippen LogP) is 6.72. The monoisotopic (exact) mass is 444 g/mol. The lowest BCUT2D eigenvalue weighted by atomic mass is 10.0. The first kappa shape index (κ1) is 21.0. The molecule has 0 aliphatic heterocycles. The van der Waals surface area contributed by atoms with Gasteiger partial charge in [-0.15, -0.1) is 0 Å². The van der Waals surface area contributed by atoms with Crippen LogP contribution in [0.1, 0.15) is 11.3 Å². The number of nitrogens with zero attached hydrogens (tertiary/aromatic N) is 4. The summed E-state index contributed by atoms with van der Waals surface area (Å²) in [6.45, 7) is 4.02. The lowest BCUT2D eigenvalue weighted by Gasteiger charge is -2.10. The van der Waals surface area contributed by atoms with Gasteiger partial charge in [0.25, 0.3) is 5.69 Å². The molecule has 0 N–H and O–H groups in total. The third-order valence-electron chi connectivity index (χ3n) is 5.61. The summed E-state index contributed by atoms with van der Waals surface area (Å²) in [5.41, 5.74) is 5.61. The molecule has 0 spiro atoms. The summed E-state index contributed by atoms with van der Waals surface area (Å²) in [5, 5.41) is 12.2. The first-order valence-corrected chi connectivity index (χ1v) is 10.7. The van der Waals surface area contributed by atoms with Crippen molar-refractivity contribution in [1.82, 2.24) is 14.5 Å². The largest absolute Gasteiger partial charge is 0.278 e. The van der Waals surface area contributed by atoms with Gasteiger partial charge >= 0.3 is 0 Å². The molecule has 0 unspecified atom stereocenters. The Morgan fingerprint density at radius 2 is 1.59 bits per heavy atom. The van der Waals surface area contributed by atoms with E-state index >= 15 is 0 Å². The molecule has 0 radical (unpaired) electrons. The number of nitro groups is 1. The average molecular weight is 444 g/mol. The maximum absolute atomic E-state index is 11.4. The van der Waals surface area contributed by atoms with Crippen LogP contribution in [-0.4, -0.2) is 19.5 Å². The molecule has 0 saturated heterocycles. The fraction of sp³-hybridized carbons (Fsp3) is 0. The lowest BCUT2D eigenvalue weighted by Crippen LogP contribution is -2.04. The predicted molar refractivity (Wildman–Crippen MR) is 135 cm³/mol. The Morgan fingerprint density at radius 3 is 2.26 bits per heavy atom. The van der Waals surface area contributed by atoms with E-state index in [1.54, 1.807) is 36.7 Å². The topological polar surface area (TPSA) is 73.8 Å². The Balaban J connectivity index is 1.64. The molecule has 0 fully saturated rings. The van der Waals surface area contributed by atoms with E-state index in [-0.39, 0.29) is 5.69 Å².